The Morgan fingerprint density at radius 1 is 1.08 bits per heavy atom. The van der Waals surface area contributed by atoms with E-state index in [1.54, 1.807) is 0 Å². The smallest absolute Gasteiger partial charge is 0.227 e. The Labute approximate surface area is 153 Å². The van der Waals surface area contributed by atoms with Crippen LogP contribution >= 0.6 is 11.6 Å². The maximum absolute atomic E-state index is 10.9. The van der Waals surface area contributed by atoms with Gasteiger partial charge in [0, 0.05) is 23.9 Å². The minimum atomic E-state index is -0.184. The molecular weight excluding hydrogens is 332 g/mol. The molecule has 0 aromatic heterocycles. The molecule has 0 radical (unpaired) electrons. The molecule has 0 amide bonds. The van der Waals surface area contributed by atoms with Gasteiger partial charge in [-0.25, -0.2) is 4.99 Å². The van der Waals surface area contributed by atoms with Gasteiger partial charge in [-0.3, -0.25) is 0 Å². The van der Waals surface area contributed by atoms with Crippen molar-refractivity contribution in [3.05, 3.63) is 70.4 Å². The molecule has 1 aliphatic heterocycles. The van der Waals surface area contributed by atoms with Crippen LogP contribution in [0, 0.1) is 5.41 Å². The maximum Gasteiger partial charge on any atom is 0.227 e. The topological polar surface area (TPSA) is 46.2 Å². The van der Waals surface area contributed by atoms with Gasteiger partial charge in [-0.2, -0.15) is 0 Å². The molecular formula is C21H22ClN2O+. The first-order valence-electron chi connectivity index (χ1n) is 8.60. The Bertz CT molecular complexity index is 898. The molecule has 0 bridgehead atoms. The van der Waals surface area contributed by atoms with E-state index in [1.807, 2.05) is 42.5 Å². The SMILES string of the molecule is CC1(C)CC2=[NH+]c3ccccc3NC(c3ccccc3Cl)C2=C(O)C1. The number of hydrogen-bond donors (Lipinski definition) is 3. The van der Waals surface area contributed by atoms with Gasteiger partial charge in [-0.05, 0) is 23.1 Å². The van der Waals surface area contributed by atoms with Crippen LogP contribution in [0.3, 0.4) is 0 Å². The zero-order chi connectivity index (χ0) is 17.6. The second-order valence-electron chi connectivity index (χ2n) is 7.63. The van der Waals surface area contributed by atoms with Gasteiger partial charge in [0.15, 0.2) is 5.71 Å². The first-order valence-corrected chi connectivity index (χ1v) is 8.98. The van der Waals surface area contributed by atoms with Crippen molar-refractivity contribution in [3.8, 4) is 0 Å². The van der Waals surface area contributed by atoms with Crippen LogP contribution in [0.2, 0.25) is 5.02 Å². The molecule has 2 aliphatic rings. The summed E-state index contributed by atoms with van der Waals surface area (Å²) in [4.78, 5) is 3.56. The minimum absolute atomic E-state index is 0.0141. The highest BCUT2D eigenvalue weighted by molar-refractivity contribution is 6.31. The highest BCUT2D eigenvalue weighted by atomic mass is 35.5. The second-order valence-corrected chi connectivity index (χ2v) is 8.03. The average molecular weight is 354 g/mol. The fourth-order valence-electron chi connectivity index (χ4n) is 3.86. The number of hydrogen-bond acceptors (Lipinski definition) is 2. The summed E-state index contributed by atoms with van der Waals surface area (Å²) in [5.74, 6) is 0.434. The van der Waals surface area contributed by atoms with E-state index >= 15 is 0 Å². The molecule has 1 heterocycles. The van der Waals surface area contributed by atoms with Gasteiger partial charge in [0.2, 0.25) is 5.69 Å². The van der Waals surface area contributed by atoms with Crippen LogP contribution in [0.1, 0.15) is 38.3 Å². The zero-order valence-corrected chi connectivity index (χ0v) is 15.2. The van der Waals surface area contributed by atoms with Crippen LogP contribution in [-0.4, -0.2) is 10.8 Å². The number of allylic oxidation sites excluding steroid dienone is 1. The van der Waals surface area contributed by atoms with E-state index < -0.39 is 0 Å². The van der Waals surface area contributed by atoms with Crippen molar-refractivity contribution in [3.63, 3.8) is 0 Å². The number of benzene rings is 2. The van der Waals surface area contributed by atoms with Crippen molar-refractivity contribution >= 4 is 28.7 Å². The van der Waals surface area contributed by atoms with Crippen molar-refractivity contribution in [1.29, 1.82) is 0 Å². The lowest BCUT2D eigenvalue weighted by Crippen LogP contribution is -2.67. The highest BCUT2D eigenvalue weighted by Gasteiger charge is 2.41. The Balaban J connectivity index is 1.95. The van der Waals surface area contributed by atoms with Crippen molar-refractivity contribution in [2.45, 2.75) is 32.7 Å². The molecule has 3 N–H and O–H groups in total. The predicted molar refractivity (Wildman–Crippen MR) is 103 cm³/mol. The number of para-hydroxylation sites is 2. The van der Waals surface area contributed by atoms with E-state index in [-0.39, 0.29) is 11.5 Å². The third-order valence-electron chi connectivity index (χ3n) is 4.95. The van der Waals surface area contributed by atoms with E-state index in [0.717, 1.165) is 34.6 Å². The summed E-state index contributed by atoms with van der Waals surface area (Å²) in [7, 11) is 0. The van der Waals surface area contributed by atoms with Gasteiger partial charge >= 0.3 is 0 Å². The lowest BCUT2D eigenvalue weighted by atomic mass is 9.74. The zero-order valence-electron chi connectivity index (χ0n) is 14.4. The van der Waals surface area contributed by atoms with Gasteiger partial charge in [0.25, 0.3) is 0 Å². The Hall–Kier alpha value is -2.26. The molecule has 128 valence electrons. The number of aliphatic hydroxyl groups is 1. The Morgan fingerprint density at radius 2 is 1.80 bits per heavy atom. The molecule has 1 unspecified atom stereocenters. The molecule has 2 aromatic rings. The second kappa shape index (κ2) is 5.92. The summed E-state index contributed by atoms with van der Waals surface area (Å²) in [5.41, 5.74) is 5.00. The molecule has 3 nitrogen and oxygen atoms in total. The molecule has 0 spiro atoms. The summed E-state index contributed by atoms with van der Waals surface area (Å²) >= 11 is 6.50. The third-order valence-corrected chi connectivity index (χ3v) is 5.30. The highest BCUT2D eigenvalue weighted by Crippen LogP contribution is 2.43. The molecule has 4 heteroatoms. The molecule has 4 rings (SSSR count). The van der Waals surface area contributed by atoms with Crippen molar-refractivity contribution in [1.82, 2.24) is 0 Å². The molecule has 1 aliphatic carbocycles. The summed E-state index contributed by atoms with van der Waals surface area (Å²) < 4.78 is 0. The van der Waals surface area contributed by atoms with E-state index in [2.05, 4.69) is 30.2 Å². The first kappa shape index (κ1) is 16.2. The number of anilines is 1. The van der Waals surface area contributed by atoms with Crippen molar-refractivity contribution in [2.75, 3.05) is 5.32 Å². The van der Waals surface area contributed by atoms with Crippen LogP contribution < -0.4 is 10.3 Å². The number of fused-ring (bicyclic) bond motifs is 2. The predicted octanol–water partition coefficient (Wildman–Crippen LogP) is 4.29. The largest absolute Gasteiger partial charge is 0.512 e. The number of halogens is 1. The Kier molecular flexibility index (Phi) is 3.84. The van der Waals surface area contributed by atoms with Crippen LogP contribution in [-0.2, 0) is 0 Å². The van der Waals surface area contributed by atoms with Gasteiger partial charge in [-0.1, -0.05) is 55.8 Å². The quantitative estimate of drug-likeness (QED) is 0.716. The van der Waals surface area contributed by atoms with Gasteiger partial charge in [-0.15, -0.1) is 0 Å². The third kappa shape index (κ3) is 2.93. The summed E-state index contributed by atoms with van der Waals surface area (Å²) in [6, 6.07) is 15.8. The molecule has 2 aromatic carbocycles. The van der Waals surface area contributed by atoms with Crippen LogP contribution in [0.4, 0.5) is 11.4 Å². The van der Waals surface area contributed by atoms with Gasteiger partial charge in [0.05, 0.1) is 11.6 Å². The molecule has 0 saturated heterocycles. The van der Waals surface area contributed by atoms with Gasteiger partial charge < -0.3 is 10.4 Å². The Morgan fingerprint density at radius 3 is 2.60 bits per heavy atom. The lowest BCUT2D eigenvalue weighted by molar-refractivity contribution is -0.354. The minimum Gasteiger partial charge on any atom is -0.512 e. The lowest BCUT2D eigenvalue weighted by Gasteiger charge is -2.32. The van der Waals surface area contributed by atoms with E-state index in [0.29, 0.717) is 17.2 Å². The van der Waals surface area contributed by atoms with E-state index in [9.17, 15) is 5.11 Å². The summed E-state index contributed by atoms with van der Waals surface area (Å²) in [5, 5.41) is 15.2. The number of aliphatic hydroxyl groups excluding tert-OH is 1. The van der Waals surface area contributed by atoms with Crippen LogP contribution in [0.15, 0.2) is 59.9 Å². The number of nitrogens with one attached hydrogen (secondary N) is 2. The normalized spacial score (nSPS) is 21.6. The fraction of sp³-hybridized carbons (Fsp3) is 0.286. The summed E-state index contributed by atoms with van der Waals surface area (Å²) in [6.45, 7) is 4.37. The van der Waals surface area contributed by atoms with E-state index in [4.69, 9.17) is 11.6 Å². The van der Waals surface area contributed by atoms with Crippen LogP contribution in [0.5, 0.6) is 0 Å². The average Bonchev–Trinajstić information content (AvgIpc) is 2.70. The number of rotatable bonds is 1. The molecule has 1 atom stereocenters. The molecule has 0 saturated carbocycles. The van der Waals surface area contributed by atoms with Crippen molar-refractivity contribution < 1.29 is 10.1 Å². The summed E-state index contributed by atoms with van der Waals surface area (Å²) in [6.07, 6.45) is 1.54. The first-order chi connectivity index (χ1) is 11.9. The molecule has 0 fully saturated rings. The standard InChI is InChI=1S/C21H21ClN2O/c1-21(2)11-17-19(18(25)12-21)20(13-7-3-4-8-14(13)22)24-16-10-6-5-9-15(16)23-17/h3-10,20,24-25H,11-12H2,1-2H3/p+1. The van der Waals surface area contributed by atoms with Crippen molar-refractivity contribution in [2.24, 2.45) is 5.41 Å². The van der Waals surface area contributed by atoms with Gasteiger partial charge in [0.1, 0.15) is 11.4 Å². The van der Waals surface area contributed by atoms with Crippen LogP contribution in [0.25, 0.3) is 0 Å². The molecule has 25 heavy (non-hydrogen) atoms. The monoisotopic (exact) mass is 353 g/mol. The maximum atomic E-state index is 10.9. The fourth-order valence-corrected chi connectivity index (χ4v) is 4.11. The van der Waals surface area contributed by atoms with E-state index in [1.165, 1.54) is 0 Å².